The Labute approximate surface area is 138 Å². The van der Waals surface area contributed by atoms with Crippen molar-refractivity contribution in [2.24, 2.45) is 0 Å². The van der Waals surface area contributed by atoms with Crippen LogP contribution in [-0.4, -0.2) is 31.6 Å². The van der Waals surface area contributed by atoms with E-state index >= 15 is 0 Å². The lowest BCUT2D eigenvalue weighted by Gasteiger charge is -2.35. The van der Waals surface area contributed by atoms with Gasteiger partial charge in [0.15, 0.2) is 0 Å². The molecule has 1 unspecified atom stereocenters. The van der Waals surface area contributed by atoms with Crippen LogP contribution >= 0.6 is 0 Å². The van der Waals surface area contributed by atoms with Gasteiger partial charge in [0.1, 0.15) is 11.5 Å². The minimum Gasteiger partial charge on any atom is -0.497 e. The summed E-state index contributed by atoms with van der Waals surface area (Å²) in [7, 11) is 1.71. The van der Waals surface area contributed by atoms with Gasteiger partial charge in [-0.2, -0.15) is 0 Å². The summed E-state index contributed by atoms with van der Waals surface area (Å²) < 4.78 is 10.7. The molecule has 1 aliphatic heterocycles. The largest absolute Gasteiger partial charge is 0.497 e. The molecule has 3 rings (SSSR count). The Balaban J connectivity index is 1.66. The number of piperidine rings is 1. The molecule has 1 aliphatic rings. The van der Waals surface area contributed by atoms with E-state index in [1.165, 1.54) is 37.9 Å². The van der Waals surface area contributed by atoms with Crippen molar-refractivity contribution >= 4 is 0 Å². The van der Waals surface area contributed by atoms with E-state index in [-0.39, 0.29) is 0 Å². The van der Waals surface area contributed by atoms with E-state index in [0.29, 0.717) is 6.04 Å². The highest BCUT2D eigenvalue weighted by molar-refractivity contribution is 5.29. The van der Waals surface area contributed by atoms with Gasteiger partial charge in [0.2, 0.25) is 0 Å². The van der Waals surface area contributed by atoms with Gasteiger partial charge in [-0.15, -0.1) is 0 Å². The minimum atomic E-state index is 0.399. The van der Waals surface area contributed by atoms with Crippen LogP contribution in [0.1, 0.15) is 36.6 Å². The number of likely N-dealkylation sites (tertiary alicyclic amines) is 1. The first-order valence-corrected chi connectivity index (χ1v) is 8.48. The molecule has 23 heavy (non-hydrogen) atoms. The van der Waals surface area contributed by atoms with Gasteiger partial charge in [0, 0.05) is 12.6 Å². The number of nitrogens with one attached hydrogen (secondary N) is 1. The number of ether oxygens (including phenoxy) is 1. The van der Waals surface area contributed by atoms with Crippen LogP contribution in [0.15, 0.2) is 47.1 Å². The maximum atomic E-state index is 5.40. The van der Waals surface area contributed by atoms with Crippen LogP contribution in [0.4, 0.5) is 0 Å². The van der Waals surface area contributed by atoms with E-state index in [4.69, 9.17) is 9.15 Å². The quantitative estimate of drug-likeness (QED) is 0.847. The normalized spacial score (nSPS) is 17.1. The number of benzene rings is 1. The Morgan fingerprint density at radius 3 is 2.57 bits per heavy atom. The molecule has 4 heteroatoms. The lowest BCUT2D eigenvalue weighted by atomic mass is 10.0. The molecule has 1 N–H and O–H groups in total. The van der Waals surface area contributed by atoms with Gasteiger partial charge in [-0.1, -0.05) is 18.6 Å². The van der Waals surface area contributed by atoms with Crippen LogP contribution in [0, 0.1) is 0 Å². The Hall–Kier alpha value is -1.78. The molecule has 1 aromatic heterocycles. The molecule has 1 atom stereocenters. The van der Waals surface area contributed by atoms with Crippen molar-refractivity contribution in [2.75, 3.05) is 26.7 Å². The maximum absolute atomic E-state index is 5.40. The van der Waals surface area contributed by atoms with Crippen LogP contribution in [0.5, 0.6) is 5.75 Å². The number of nitrogens with zero attached hydrogens (tertiary/aromatic N) is 1. The number of hydrogen-bond acceptors (Lipinski definition) is 4. The summed E-state index contributed by atoms with van der Waals surface area (Å²) in [6.07, 6.45) is 5.67. The van der Waals surface area contributed by atoms with E-state index in [1.807, 2.05) is 12.1 Å². The first kappa shape index (κ1) is 16.1. The van der Waals surface area contributed by atoms with Crippen molar-refractivity contribution < 1.29 is 9.15 Å². The Morgan fingerprint density at radius 2 is 1.91 bits per heavy atom. The lowest BCUT2D eigenvalue weighted by Crippen LogP contribution is -2.39. The summed E-state index contributed by atoms with van der Waals surface area (Å²) in [6, 6.07) is 12.8. The standard InChI is InChI=1S/C19H26N2O2/c1-22-17-9-7-16(8-10-17)19(21-11-3-2-4-12-21)15-20-14-18-6-5-13-23-18/h5-10,13,19-20H,2-4,11-12,14-15H2,1H3. The molecular formula is C19H26N2O2. The molecule has 0 aliphatic carbocycles. The summed E-state index contributed by atoms with van der Waals surface area (Å²) in [5.41, 5.74) is 1.35. The molecule has 0 spiro atoms. The first-order valence-electron chi connectivity index (χ1n) is 8.48. The number of furan rings is 1. The predicted octanol–water partition coefficient (Wildman–Crippen LogP) is 3.61. The van der Waals surface area contributed by atoms with Crippen molar-refractivity contribution in [3.63, 3.8) is 0 Å². The molecule has 0 amide bonds. The molecule has 4 nitrogen and oxygen atoms in total. The van der Waals surface area contributed by atoms with Gasteiger partial charge in [0.05, 0.1) is 19.9 Å². The predicted molar refractivity (Wildman–Crippen MR) is 91.6 cm³/mol. The monoisotopic (exact) mass is 314 g/mol. The van der Waals surface area contributed by atoms with E-state index < -0.39 is 0 Å². The lowest BCUT2D eigenvalue weighted by molar-refractivity contribution is 0.159. The van der Waals surface area contributed by atoms with Crippen molar-refractivity contribution in [3.8, 4) is 5.75 Å². The van der Waals surface area contributed by atoms with E-state index in [1.54, 1.807) is 13.4 Å². The van der Waals surface area contributed by atoms with Crippen LogP contribution in [0.3, 0.4) is 0 Å². The summed E-state index contributed by atoms with van der Waals surface area (Å²) >= 11 is 0. The fourth-order valence-corrected chi connectivity index (χ4v) is 3.26. The third-order valence-corrected chi connectivity index (χ3v) is 4.55. The van der Waals surface area contributed by atoms with Crippen LogP contribution in [0.25, 0.3) is 0 Å². The third-order valence-electron chi connectivity index (χ3n) is 4.55. The van der Waals surface area contributed by atoms with Gasteiger partial charge < -0.3 is 14.5 Å². The second kappa shape index (κ2) is 8.18. The minimum absolute atomic E-state index is 0.399. The summed E-state index contributed by atoms with van der Waals surface area (Å²) in [4.78, 5) is 2.60. The number of rotatable bonds is 7. The highest BCUT2D eigenvalue weighted by atomic mass is 16.5. The highest BCUT2D eigenvalue weighted by Crippen LogP contribution is 2.26. The Morgan fingerprint density at radius 1 is 1.13 bits per heavy atom. The zero-order valence-corrected chi connectivity index (χ0v) is 13.8. The first-order chi connectivity index (χ1) is 11.4. The fraction of sp³-hybridized carbons (Fsp3) is 0.474. The van der Waals surface area contributed by atoms with Crippen LogP contribution < -0.4 is 10.1 Å². The molecule has 2 aromatic rings. The average Bonchev–Trinajstić information content (AvgIpc) is 3.13. The Kier molecular flexibility index (Phi) is 5.72. The van der Waals surface area contributed by atoms with Crippen LogP contribution in [0.2, 0.25) is 0 Å². The van der Waals surface area contributed by atoms with Gasteiger partial charge in [-0.3, -0.25) is 4.90 Å². The second-order valence-corrected chi connectivity index (χ2v) is 6.10. The van der Waals surface area contributed by atoms with Gasteiger partial charge in [-0.25, -0.2) is 0 Å². The molecule has 2 heterocycles. The molecule has 124 valence electrons. The van der Waals surface area contributed by atoms with E-state index in [0.717, 1.165) is 24.6 Å². The summed E-state index contributed by atoms with van der Waals surface area (Å²) in [5, 5.41) is 3.55. The average molecular weight is 314 g/mol. The zero-order chi connectivity index (χ0) is 15.9. The molecule has 0 radical (unpaired) electrons. The summed E-state index contributed by atoms with van der Waals surface area (Å²) in [6.45, 7) is 4.05. The number of methoxy groups -OCH3 is 1. The zero-order valence-electron chi connectivity index (χ0n) is 13.8. The van der Waals surface area contributed by atoms with E-state index in [9.17, 15) is 0 Å². The molecule has 0 saturated carbocycles. The molecule has 1 saturated heterocycles. The highest BCUT2D eigenvalue weighted by Gasteiger charge is 2.22. The van der Waals surface area contributed by atoms with Gasteiger partial charge >= 0.3 is 0 Å². The smallest absolute Gasteiger partial charge is 0.118 e. The number of hydrogen-bond donors (Lipinski definition) is 1. The Bertz CT molecular complexity index is 560. The molecular weight excluding hydrogens is 288 g/mol. The van der Waals surface area contributed by atoms with Crippen LogP contribution in [-0.2, 0) is 6.54 Å². The summed E-state index contributed by atoms with van der Waals surface area (Å²) in [5.74, 6) is 1.90. The van der Waals surface area contributed by atoms with Crippen molar-refractivity contribution in [1.29, 1.82) is 0 Å². The van der Waals surface area contributed by atoms with Gasteiger partial charge in [0.25, 0.3) is 0 Å². The fourth-order valence-electron chi connectivity index (χ4n) is 3.26. The SMILES string of the molecule is COc1ccc(C(CNCc2ccco2)N2CCCCC2)cc1. The van der Waals surface area contributed by atoms with Crippen molar-refractivity contribution in [3.05, 3.63) is 54.0 Å². The molecule has 0 bridgehead atoms. The third kappa shape index (κ3) is 4.36. The van der Waals surface area contributed by atoms with Gasteiger partial charge in [-0.05, 0) is 55.8 Å². The van der Waals surface area contributed by atoms with Crippen molar-refractivity contribution in [1.82, 2.24) is 10.2 Å². The van der Waals surface area contributed by atoms with Crippen molar-refractivity contribution in [2.45, 2.75) is 31.8 Å². The topological polar surface area (TPSA) is 37.6 Å². The van der Waals surface area contributed by atoms with E-state index in [2.05, 4.69) is 34.5 Å². The molecule has 1 aromatic carbocycles. The maximum Gasteiger partial charge on any atom is 0.118 e. The molecule has 1 fully saturated rings. The second-order valence-electron chi connectivity index (χ2n) is 6.10.